The Hall–Kier alpha value is -0.990. The van der Waals surface area contributed by atoms with E-state index in [-0.39, 0.29) is 5.56 Å². The van der Waals surface area contributed by atoms with Gasteiger partial charge >= 0.3 is 6.18 Å². The molecule has 0 saturated carbocycles. The highest BCUT2D eigenvalue weighted by atomic mass is 32.1. The largest absolute Gasteiger partial charge is 0.418 e. The summed E-state index contributed by atoms with van der Waals surface area (Å²) in [7, 11) is 1.69. The molecule has 0 unspecified atom stereocenters. The summed E-state index contributed by atoms with van der Waals surface area (Å²) in [5.74, 6) is 5.07. The predicted molar refractivity (Wildman–Crippen MR) is 50.1 cm³/mol. The van der Waals surface area contributed by atoms with Crippen molar-refractivity contribution in [2.24, 2.45) is 0 Å². The molecule has 0 aliphatic rings. The monoisotopic (exact) mass is 219 g/mol. The second-order valence-electron chi connectivity index (χ2n) is 2.53. The fourth-order valence-corrected chi connectivity index (χ4v) is 1.63. The summed E-state index contributed by atoms with van der Waals surface area (Å²) >= 11 is 1.01. The van der Waals surface area contributed by atoms with Crippen LogP contribution in [0.1, 0.15) is 11.1 Å². The molecule has 0 atom stereocenters. The maximum Gasteiger partial charge on any atom is 0.418 e. The van der Waals surface area contributed by atoms with Gasteiger partial charge in [-0.05, 0) is 7.05 Å². The van der Waals surface area contributed by atoms with Crippen LogP contribution in [0.2, 0.25) is 0 Å². The maximum absolute atomic E-state index is 12.3. The molecular weight excluding hydrogens is 211 g/mol. The average molecular weight is 219 g/mol. The topological polar surface area (TPSA) is 12.0 Å². The molecule has 0 amide bonds. The summed E-state index contributed by atoms with van der Waals surface area (Å²) in [5.41, 5.74) is -0.594. The number of alkyl halides is 3. The molecule has 1 aromatic heterocycles. The van der Waals surface area contributed by atoms with Crippen molar-refractivity contribution in [3.05, 3.63) is 21.9 Å². The first-order valence-corrected chi connectivity index (χ1v) is 4.77. The SMILES string of the molecule is CNCC#Cc1cscc1C(F)(F)F. The first-order chi connectivity index (χ1) is 6.55. The molecule has 0 aliphatic heterocycles. The van der Waals surface area contributed by atoms with Crippen LogP contribution in [-0.2, 0) is 6.18 Å². The van der Waals surface area contributed by atoms with Crippen LogP contribution in [0.4, 0.5) is 13.2 Å². The molecule has 0 fully saturated rings. The Labute approximate surface area is 83.9 Å². The first-order valence-electron chi connectivity index (χ1n) is 3.82. The minimum Gasteiger partial charge on any atom is -0.309 e. The van der Waals surface area contributed by atoms with Gasteiger partial charge in [0.25, 0.3) is 0 Å². The average Bonchev–Trinajstić information content (AvgIpc) is 2.52. The Kier molecular flexibility index (Phi) is 3.55. The minimum absolute atomic E-state index is 0.0535. The standard InChI is InChI=1S/C9H8F3NS/c1-13-4-2-3-7-5-14-6-8(7)9(10,11)12/h5-6,13H,4H2,1H3. The van der Waals surface area contributed by atoms with Crippen molar-refractivity contribution in [1.29, 1.82) is 0 Å². The summed E-state index contributed by atoms with van der Waals surface area (Å²) < 4.78 is 36.9. The zero-order chi connectivity index (χ0) is 10.6. The Balaban J connectivity index is 2.90. The fraction of sp³-hybridized carbons (Fsp3) is 0.333. The molecule has 0 radical (unpaired) electrons. The van der Waals surface area contributed by atoms with Crippen molar-refractivity contribution in [3.63, 3.8) is 0 Å². The van der Waals surface area contributed by atoms with E-state index in [9.17, 15) is 13.2 Å². The normalized spacial score (nSPS) is 10.9. The van der Waals surface area contributed by atoms with Crippen molar-refractivity contribution in [2.75, 3.05) is 13.6 Å². The molecule has 1 heterocycles. The van der Waals surface area contributed by atoms with Crippen molar-refractivity contribution in [1.82, 2.24) is 5.32 Å². The number of thiophene rings is 1. The summed E-state index contributed by atoms with van der Waals surface area (Å²) in [6.45, 7) is 0.382. The van der Waals surface area contributed by atoms with Crippen LogP contribution in [0.5, 0.6) is 0 Å². The lowest BCUT2D eigenvalue weighted by atomic mass is 10.2. The Bertz CT molecular complexity index is 356. The molecule has 0 saturated heterocycles. The fourth-order valence-electron chi connectivity index (χ4n) is 0.841. The minimum atomic E-state index is -4.30. The summed E-state index contributed by atoms with van der Waals surface area (Å²) in [6.07, 6.45) is -4.30. The van der Waals surface area contributed by atoms with E-state index in [2.05, 4.69) is 17.2 Å². The van der Waals surface area contributed by atoms with Gasteiger partial charge in [-0.25, -0.2) is 0 Å². The summed E-state index contributed by atoms with van der Waals surface area (Å²) in [4.78, 5) is 0. The molecule has 1 aromatic rings. The highest BCUT2D eigenvalue weighted by Crippen LogP contribution is 2.33. The maximum atomic E-state index is 12.3. The quantitative estimate of drug-likeness (QED) is 0.715. The molecule has 0 aliphatic carbocycles. The molecule has 0 bridgehead atoms. The second kappa shape index (κ2) is 4.49. The van der Waals surface area contributed by atoms with Crippen LogP contribution >= 0.6 is 11.3 Å². The second-order valence-corrected chi connectivity index (χ2v) is 3.27. The van der Waals surface area contributed by atoms with Crippen LogP contribution in [-0.4, -0.2) is 13.6 Å². The third-order valence-electron chi connectivity index (χ3n) is 1.46. The van der Waals surface area contributed by atoms with Crippen molar-refractivity contribution in [3.8, 4) is 11.8 Å². The summed E-state index contributed by atoms with van der Waals surface area (Å²) in [5, 5.41) is 5.22. The molecule has 1 N–H and O–H groups in total. The predicted octanol–water partition coefficient (Wildman–Crippen LogP) is 2.34. The molecule has 0 spiro atoms. The summed E-state index contributed by atoms with van der Waals surface area (Å²) in [6, 6.07) is 0. The van der Waals surface area contributed by atoms with Crippen LogP contribution in [0.25, 0.3) is 0 Å². The molecule has 5 heteroatoms. The molecule has 1 rings (SSSR count). The zero-order valence-electron chi connectivity index (χ0n) is 7.40. The van der Waals surface area contributed by atoms with Crippen LogP contribution in [0.3, 0.4) is 0 Å². The van der Waals surface area contributed by atoms with Gasteiger partial charge in [0.1, 0.15) is 0 Å². The van der Waals surface area contributed by atoms with Crippen LogP contribution in [0, 0.1) is 11.8 Å². The number of rotatable bonds is 1. The molecule has 1 nitrogen and oxygen atoms in total. The molecule has 0 aromatic carbocycles. The lowest BCUT2D eigenvalue weighted by molar-refractivity contribution is -0.137. The lowest BCUT2D eigenvalue weighted by Crippen LogP contribution is -2.06. The van der Waals surface area contributed by atoms with Gasteiger partial charge in [-0.15, -0.1) is 0 Å². The van der Waals surface area contributed by atoms with Crippen molar-refractivity contribution < 1.29 is 13.2 Å². The molecule has 14 heavy (non-hydrogen) atoms. The Morgan fingerprint density at radius 1 is 1.43 bits per heavy atom. The highest BCUT2D eigenvalue weighted by molar-refractivity contribution is 7.08. The van der Waals surface area contributed by atoms with E-state index in [1.54, 1.807) is 7.05 Å². The van der Waals surface area contributed by atoms with Gasteiger partial charge in [-0.3, -0.25) is 0 Å². The van der Waals surface area contributed by atoms with E-state index in [4.69, 9.17) is 0 Å². The van der Waals surface area contributed by atoms with Gasteiger partial charge in [0.05, 0.1) is 12.1 Å². The first kappa shape index (κ1) is 11.1. The Morgan fingerprint density at radius 3 is 2.71 bits per heavy atom. The van der Waals surface area contributed by atoms with E-state index < -0.39 is 11.7 Å². The number of nitrogens with one attached hydrogen (secondary N) is 1. The van der Waals surface area contributed by atoms with Gasteiger partial charge in [-0.2, -0.15) is 24.5 Å². The Morgan fingerprint density at radius 2 is 2.14 bits per heavy atom. The van der Waals surface area contributed by atoms with E-state index in [1.165, 1.54) is 5.38 Å². The van der Waals surface area contributed by atoms with Crippen LogP contribution < -0.4 is 5.32 Å². The lowest BCUT2D eigenvalue weighted by Gasteiger charge is -2.03. The van der Waals surface area contributed by atoms with Gasteiger partial charge in [0.2, 0.25) is 0 Å². The van der Waals surface area contributed by atoms with Crippen molar-refractivity contribution in [2.45, 2.75) is 6.18 Å². The third-order valence-corrected chi connectivity index (χ3v) is 2.20. The van der Waals surface area contributed by atoms with Gasteiger partial charge in [0.15, 0.2) is 0 Å². The molecule has 76 valence electrons. The highest BCUT2D eigenvalue weighted by Gasteiger charge is 2.33. The van der Waals surface area contributed by atoms with Crippen LogP contribution in [0.15, 0.2) is 10.8 Å². The smallest absolute Gasteiger partial charge is 0.309 e. The van der Waals surface area contributed by atoms with E-state index in [0.29, 0.717) is 6.54 Å². The third kappa shape index (κ3) is 2.76. The van der Waals surface area contributed by atoms with E-state index in [0.717, 1.165) is 16.7 Å². The zero-order valence-corrected chi connectivity index (χ0v) is 8.22. The molecular formula is C9H8F3NS. The van der Waals surface area contributed by atoms with Crippen molar-refractivity contribution >= 4 is 11.3 Å². The van der Waals surface area contributed by atoms with Gasteiger partial charge < -0.3 is 5.32 Å². The van der Waals surface area contributed by atoms with E-state index >= 15 is 0 Å². The number of hydrogen-bond acceptors (Lipinski definition) is 2. The van der Waals surface area contributed by atoms with Gasteiger partial charge in [0, 0.05) is 16.3 Å². The van der Waals surface area contributed by atoms with E-state index in [1.807, 2.05) is 0 Å². The number of hydrogen-bond donors (Lipinski definition) is 1. The van der Waals surface area contributed by atoms with Gasteiger partial charge in [-0.1, -0.05) is 11.8 Å². The number of halogens is 3.